The fourth-order valence-corrected chi connectivity index (χ4v) is 3.45. The Labute approximate surface area is 116 Å². The topological polar surface area (TPSA) is 38.9 Å². The van der Waals surface area contributed by atoms with E-state index in [1.54, 1.807) is 11.3 Å². The first-order valence-electron chi connectivity index (χ1n) is 6.34. The van der Waals surface area contributed by atoms with Gasteiger partial charge in [0.1, 0.15) is 0 Å². The van der Waals surface area contributed by atoms with Crippen molar-refractivity contribution in [3.63, 3.8) is 0 Å². The van der Waals surface area contributed by atoms with Crippen molar-refractivity contribution < 1.29 is 0 Å². The molecule has 1 atom stereocenters. The van der Waals surface area contributed by atoms with E-state index in [0.29, 0.717) is 0 Å². The lowest BCUT2D eigenvalue weighted by Crippen LogP contribution is -2.12. The maximum atomic E-state index is 6.47. The van der Waals surface area contributed by atoms with Crippen LogP contribution in [-0.4, -0.2) is 4.98 Å². The second-order valence-corrected chi connectivity index (χ2v) is 5.96. The normalized spacial score (nSPS) is 12.8. The van der Waals surface area contributed by atoms with Crippen LogP contribution >= 0.6 is 11.3 Å². The molecule has 0 bridgehead atoms. The highest BCUT2D eigenvalue weighted by Gasteiger charge is 2.17. The number of aryl methyl sites for hydroxylation is 2. The van der Waals surface area contributed by atoms with E-state index in [9.17, 15) is 0 Å². The van der Waals surface area contributed by atoms with Gasteiger partial charge in [-0.05, 0) is 30.2 Å². The van der Waals surface area contributed by atoms with Gasteiger partial charge in [0.25, 0.3) is 0 Å². The second-order valence-electron chi connectivity index (χ2n) is 4.73. The molecule has 1 unspecified atom stereocenters. The third-order valence-electron chi connectivity index (χ3n) is 3.38. The van der Waals surface area contributed by atoms with Crippen molar-refractivity contribution in [1.82, 2.24) is 4.98 Å². The molecule has 2 N–H and O–H groups in total. The van der Waals surface area contributed by atoms with Crippen LogP contribution in [0, 0.1) is 13.8 Å². The number of benzene rings is 2. The van der Waals surface area contributed by atoms with Gasteiger partial charge in [0.05, 0.1) is 16.7 Å². The zero-order chi connectivity index (χ0) is 13.4. The summed E-state index contributed by atoms with van der Waals surface area (Å²) in [5, 5.41) is 3.53. The molecule has 0 fully saturated rings. The van der Waals surface area contributed by atoms with Crippen LogP contribution in [0.2, 0.25) is 0 Å². The number of fused-ring (bicyclic) bond motifs is 1. The molecule has 19 heavy (non-hydrogen) atoms. The van der Waals surface area contributed by atoms with Gasteiger partial charge in [0.2, 0.25) is 0 Å². The van der Waals surface area contributed by atoms with Crippen LogP contribution in [-0.2, 0) is 0 Å². The molecule has 3 heteroatoms. The molecule has 0 aliphatic heterocycles. The van der Waals surface area contributed by atoms with Crippen molar-refractivity contribution in [1.29, 1.82) is 0 Å². The summed E-state index contributed by atoms with van der Waals surface area (Å²) in [7, 11) is 0. The molecule has 3 aromatic rings. The van der Waals surface area contributed by atoms with Gasteiger partial charge in [-0.3, -0.25) is 0 Å². The third-order valence-corrected chi connectivity index (χ3v) is 4.54. The highest BCUT2D eigenvalue weighted by molar-refractivity contribution is 7.11. The van der Waals surface area contributed by atoms with Gasteiger partial charge in [0.15, 0.2) is 0 Å². The summed E-state index contributed by atoms with van der Waals surface area (Å²) in [4.78, 5) is 5.64. The maximum Gasteiger partial charge on any atom is 0.0900 e. The summed E-state index contributed by atoms with van der Waals surface area (Å²) in [5.41, 5.74) is 8.68. The number of rotatable bonds is 2. The van der Waals surface area contributed by atoms with E-state index in [1.165, 1.54) is 16.3 Å². The Hall–Kier alpha value is -1.71. The molecule has 0 saturated carbocycles. The molecular weight excluding hydrogens is 252 g/mol. The van der Waals surface area contributed by atoms with E-state index in [-0.39, 0.29) is 6.04 Å². The van der Waals surface area contributed by atoms with Gasteiger partial charge in [-0.25, -0.2) is 4.98 Å². The van der Waals surface area contributed by atoms with Crippen LogP contribution in [0.5, 0.6) is 0 Å². The summed E-state index contributed by atoms with van der Waals surface area (Å²) < 4.78 is 0. The van der Waals surface area contributed by atoms with Crippen molar-refractivity contribution in [2.24, 2.45) is 5.73 Å². The summed E-state index contributed by atoms with van der Waals surface area (Å²) in [5.74, 6) is 0. The number of nitrogens with zero attached hydrogens (tertiary/aromatic N) is 1. The standard InChI is InChI=1S/C16H16N2S/c1-10-16(19-11(2)18-10)15(17)14-9-5-7-12-6-3-4-8-13(12)14/h3-9,15H,17H2,1-2H3. The molecule has 2 nitrogen and oxygen atoms in total. The van der Waals surface area contributed by atoms with Crippen LogP contribution in [0.15, 0.2) is 42.5 Å². The Balaban J connectivity index is 2.16. The van der Waals surface area contributed by atoms with Gasteiger partial charge >= 0.3 is 0 Å². The Kier molecular flexibility index (Phi) is 3.09. The van der Waals surface area contributed by atoms with Crippen LogP contribution in [0.3, 0.4) is 0 Å². The lowest BCUT2D eigenvalue weighted by Gasteiger charge is -2.14. The Morgan fingerprint density at radius 2 is 1.79 bits per heavy atom. The molecule has 0 saturated heterocycles. The predicted molar refractivity (Wildman–Crippen MR) is 81.6 cm³/mol. The van der Waals surface area contributed by atoms with E-state index in [4.69, 9.17) is 5.73 Å². The van der Waals surface area contributed by atoms with Crippen molar-refractivity contribution in [2.75, 3.05) is 0 Å². The average Bonchev–Trinajstić information content (AvgIpc) is 2.76. The van der Waals surface area contributed by atoms with Crippen LogP contribution in [0.1, 0.15) is 27.2 Å². The van der Waals surface area contributed by atoms with Gasteiger partial charge in [-0.1, -0.05) is 42.5 Å². The zero-order valence-corrected chi connectivity index (χ0v) is 11.9. The minimum atomic E-state index is -0.0997. The number of aromatic nitrogens is 1. The molecule has 1 heterocycles. The quantitative estimate of drug-likeness (QED) is 0.764. The average molecular weight is 268 g/mol. The zero-order valence-electron chi connectivity index (χ0n) is 11.1. The van der Waals surface area contributed by atoms with Crippen molar-refractivity contribution in [3.05, 3.63) is 63.6 Å². The number of hydrogen-bond donors (Lipinski definition) is 1. The molecule has 2 aromatic carbocycles. The molecule has 0 radical (unpaired) electrons. The monoisotopic (exact) mass is 268 g/mol. The van der Waals surface area contributed by atoms with Gasteiger partial charge in [-0.15, -0.1) is 11.3 Å². The number of nitrogens with two attached hydrogens (primary N) is 1. The maximum absolute atomic E-state index is 6.47. The van der Waals surface area contributed by atoms with Crippen molar-refractivity contribution in [2.45, 2.75) is 19.9 Å². The van der Waals surface area contributed by atoms with E-state index < -0.39 is 0 Å². The van der Waals surface area contributed by atoms with E-state index >= 15 is 0 Å². The fraction of sp³-hybridized carbons (Fsp3) is 0.188. The Morgan fingerprint density at radius 3 is 2.53 bits per heavy atom. The number of thiazole rings is 1. The molecule has 0 spiro atoms. The molecular formula is C16H16N2S. The first-order chi connectivity index (χ1) is 9.16. The summed E-state index contributed by atoms with van der Waals surface area (Å²) in [6, 6.07) is 14.6. The van der Waals surface area contributed by atoms with E-state index in [1.807, 2.05) is 13.8 Å². The summed E-state index contributed by atoms with van der Waals surface area (Å²) in [6.45, 7) is 4.06. The van der Waals surface area contributed by atoms with Crippen molar-refractivity contribution >= 4 is 22.1 Å². The highest BCUT2D eigenvalue weighted by Crippen LogP contribution is 2.31. The van der Waals surface area contributed by atoms with Gasteiger partial charge in [0, 0.05) is 4.88 Å². The molecule has 3 rings (SSSR count). The minimum Gasteiger partial charge on any atom is -0.320 e. The molecule has 0 aliphatic rings. The first-order valence-corrected chi connectivity index (χ1v) is 7.15. The first kappa shape index (κ1) is 12.3. The van der Waals surface area contributed by atoms with Crippen molar-refractivity contribution in [3.8, 4) is 0 Å². The fourth-order valence-electron chi connectivity index (χ4n) is 2.50. The summed E-state index contributed by atoms with van der Waals surface area (Å²) >= 11 is 1.69. The Bertz CT molecular complexity index is 725. The lowest BCUT2D eigenvalue weighted by molar-refractivity contribution is 0.886. The summed E-state index contributed by atoms with van der Waals surface area (Å²) in [6.07, 6.45) is 0. The van der Waals surface area contributed by atoms with E-state index in [0.717, 1.165) is 15.6 Å². The Morgan fingerprint density at radius 1 is 1.05 bits per heavy atom. The van der Waals surface area contributed by atoms with Crippen LogP contribution in [0.4, 0.5) is 0 Å². The highest BCUT2D eigenvalue weighted by atomic mass is 32.1. The minimum absolute atomic E-state index is 0.0997. The van der Waals surface area contributed by atoms with E-state index in [2.05, 4.69) is 47.4 Å². The molecule has 0 amide bonds. The molecule has 1 aromatic heterocycles. The van der Waals surface area contributed by atoms with Gasteiger partial charge in [-0.2, -0.15) is 0 Å². The smallest absolute Gasteiger partial charge is 0.0900 e. The largest absolute Gasteiger partial charge is 0.320 e. The van der Waals surface area contributed by atoms with Gasteiger partial charge < -0.3 is 5.73 Å². The molecule has 96 valence electrons. The SMILES string of the molecule is Cc1nc(C)c(C(N)c2cccc3ccccc23)s1. The van der Waals surface area contributed by atoms with Crippen LogP contribution in [0.25, 0.3) is 10.8 Å². The molecule has 0 aliphatic carbocycles. The predicted octanol–water partition coefficient (Wildman–Crippen LogP) is 3.96. The third kappa shape index (κ3) is 2.15. The lowest BCUT2D eigenvalue weighted by atomic mass is 9.98. The number of hydrogen-bond acceptors (Lipinski definition) is 3. The second kappa shape index (κ2) is 4.76. The van der Waals surface area contributed by atoms with Crippen LogP contribution < -0.4 is 5.73 Å².